The predicted molar refractivity (Wildman–Crippen MR) is 81.5 cm³/mol. The molecule has 0 aliphatic heterocycles. The molecule has 0 saturated carbocycles. The molecule has 0 aliphatic rings. The van der Waals surface area contributed by atoms with Gasteiger partial charge in [0.05, 0.1) is 5.02 Å². The van der Waals surface area contributed by atoms with Gasteiger partial charge >= 0.3 is 0 Å². The lowest BCUT2D eigenvalue weighted by atomic mass is 10.2. The van der Waals surface area contributed by atoms with Gasteiger partial charge in [-0.25, -0.2) is 0 Å². The summed E-state index contributed by atoms with van der Waals surface area (Å²) in [5.74, 6) is 0.333. The van der Waals surface area contributed by atoms with Gasteiger partial charge in [0, 0.05) is 12.1 Å². The molecule has 0 fully saturated rings. The van der Waals surface area contributed by atoms with Crippen molar-refractivity contribution in [2.24, 2.45) is 0 Å². The second kappa shape index (κ2) is 6.99. The Kier molecular flexibility index (Phi) is 5.06. The second-order valence-corrected chi connectivity index (χ2v) is 4.94. The zero-order valence-corrected chi connectivity index (χ0v) is 12.3. The minimum absolute atomic E-state index is 0.150. The minimum atomic E-state index is -0.684. The fourth-order valence-corrected chi connectivity index (χ4v) is 1.95. The highest BCUT2D eigenvalue weighted by Crippen LogP contribution is 2.24. The molecule has 2 aromatic carbocycles. The third-order valence-electron chi connectivity index (χ3n) is 2.95. The number of carbonyl (C=O) groups excluding carboxylic acids is 1. The molecule has 4 nitrogen and oxygen atoms in total. The summed E-state index contributed by atoms with van der Waals surface area (Å²) in [7, 11) is 0. The first-order valence-electron chi connectivity index (χ1n) is 6.53. The van der Waals surface area contributed by atoms with E-state index in [-0.39, 0.29) is 18.2 Å². The molecular formula is C16H16ClNO3. The van der Waals surface area contributed by atoms with Crippen LogP contribution < -0.4 is 10.1 Å². The van der Waals surface area contributed by atoms with E-state index < -0.39 is 6.10 Å². The second-order valence-electron chi connectivity index (χ2n) is 4.54. The third kappa shape index (κ3) is 4.13. The quantitative estimate of drug-likeness (QED) is 0.892. The van der Waals surface area contributed by atoms with Crippen molar-refractivity contribution in [2.45, 2.75) is 19.6 Å². The van der Waals surface area contributed by atoms with Crippen LogP contribution in [0.2, 0.25) is 5.02 Å². The number of benzene rings is 2. The number of phenolic OH excluding ortho intramolecular Hbond substituents is 1. The molecule has 0 radical (unpaired) electrons. The van der Waals surface area contributed by atoms with Crippen molar-refractivity contribution < 1.29 is 14.6 Å². The van der Waals surface area contributed by atoms with Gasteiger partial charge in [0.1, 0.15) is 11.5 Å². The number of halogens is 1. The summed E-state index contributed by atoms with van der Waals surface area (Å²) in [6, 6.07) is 13.8. The lowest BCUT2D eigenvalue weighted by Gasteiger charge is -2.15. The Morgan fingerprint density at radius 3 is 2.62 bits per heavy atom. The number of aromatic hydroxyl groups is 1. The van der Waals surface area contributed by atoms with Gasteiger partial charge in [-0.15, -0.1) is 0 Å². The van der Waals surface area contributed by atoms with Crippen LogP contribution in [0, 0.1) is 0 Å². The summed E-state index contributed by atoms with van der Waals surface area (Å²) in [4.78, 5) is 12.0. The van der Waals surface area contributed by atoms with Gasteiger partial charge < -0.3 is 15.2 Å². The van der Waals surface area contributed by atoms with Crippen molar-refractivity contribution in [3.63, 3.8) is 0 Å². The predicted octanol–water partition coefficient (Wildman–Crippen LogP) is 3.13. The van der Waals surface area contributed by atoms with Crippen molar-refractivity contribution in [3.8, 4) is 11.5 Å². The van der Waals surface area contributed by atoms with Crippen LogP contribution >= 0.6 is 11.6 Å². The Balaban J connectivity index is 1.91. The monoisotopic (exact) mass is 305 g/mol. The van der Waals surface area contributed by atoms with E-state index in [9.17, 15) is 9.90 Å². The van der Waals surface area contributed by atoms with Crippen molar-refractivity contribution in [1.29, 1.82) is 0 Å². The van der Waals surface area contributed by atoms with Gasteiger partial charge in [0.25, 0.3) is 5.91 Å². The summed E-state index contributed by atoms with van der Waals surface area (Å²) >= 11 is 5.98. The SMILES string of the molecule is C[C@H](Oc1ccccc1Cl)C(=O)NCc1ccccc1O. The van der Waals surface area contributed by atoms with Gasteiger partial charge in [-0.05, 0) is 25.1 Å². The van der Waals surface area contributed by atoms with E-state index in [1.165, 1.54) is 0 Å². The van der Waals surface area contributed by atoms with Crippen LogP contribution in [0.5, 0.6) is 11.5 Å². The van der Waals surface area contributed by atoms with Crippen molar-refractivity contribution in [2.75, 3.05) is 0 Å². The van der Waals surface area contributed by atoms with Crippen LogP contribution in [-0.4, -0.2) is 17.1 Å². The molecule has 0 aromatic heterocycles. The van der Waals surface area contributed by atoms with Crippen LogP contribution in [0.4, 0.5) is 0 Å². The molecule has 0 spiro atoms. The first-order valence-corrected chi connectivity index (χ1v) is 6.91. The molecule has 0 aliphatic carbocycles. The van der Waals surface area contributed by atoms with E-state index in [4.69, 9.17) is 16.3 Å². The number of rotatable bonds is 5. The maximum Gasteiger partial charge on any atom is 0.261 e. The smallest absolute Gasteiger partial charge is 0.261 e. The van der Waals surface area contributed by atoms with E-state index in [2.05, 4.69) is 5.32 Å². The molecule has 0 unspecified atom stereocenters. The number of nitrogens with one attached hydrogen (secondary N) is 1. The van der Waals surface area contributed by atoms with E-state index in [1.54, 1.807) is 55.5 Å². The Hall–Kier alpha value is -2.20. The summed E-state index contributed by atoms with van der Waals surface area (Å²) in [6.07, 6.45) is -0.684. The molecule has 2 rings (SSSR count). The molecule has 2 aromatic rings. The van der Waals surface area contributed by atoms with Crippen LogP contribution in [-0.2, 0) is 11.3 Å². The Morgan fingerprint density at radius 2 is 1.90 bits per heavy atom. The molecule has 1 amide bonds. The fraction of sp³-hybridized carbons (Fsp3) is 0.188. The Bertz CT molecular complexity index is 630. The Labute approximate surface area is 128 Å². The maximum absolute atomic E-state index is 12.0. The normalized spacial score (nSPS) is 11.7. The zero-order chi connectivity index (χ0) is 15.2. The van der Waals surface area contributed by atoms with Crippen LogP contribution in [0.15, 0.2) is 48.5 Å². The average molecular weight is 306 g/mol. The average Bonchev–Trinajstić information content (AvgIpc) is 2.48. The van der Waals surface area contributed by atoms with E-state index in [1.807, 2.05) is 0 Å². The van der Waals surface area contributed by atoms with Crippen LogP contribution in [0.1, 0.15) is 12.5 Å². The standard InChI is InChI=1S/C16H16ClNO3/c1-11(21-15-9-5-3-7-13(15)17)16(20)18-10-12-6-2-4-8-14(12)19/h2-9,11,19H,10H2,1H3,(H,18,20)/t11-/m0/s1. The molecule has 0 saturated heterocycles. The van der Waals surface area contributed by atoms with Crippen LogP contribution in [0.25, 0.3) is 0 Å². The highest BCUT2D eigenvalue weighted by Gasteiger charge is 2.16. The highest BCUT2D eigenvalue weighted by atomic mass is 35.5. The minimum Gasteiger partial charge on any atom is -0.508 e. The molecule has 0 bridgehead atoms. The van der Waals surface area contributed by atoms with Crippen molar-refractivity contribution in [3.05, 3.63) is 59.1 Å². The lowest BCUT2D eigenvalue weighted by Crippen LogP contribution is -2.35. The summed E-state index contributed by atoms with van der Waals surface area (Å²) < 4.78 is 5.52. The van der Waals surface area contributed by atoms with Gasteiger partial charge in [0.15, 0.2) is 6.10 Å². The van der Waals surface area contributed by atoms with Gasteiger partial charge in [0.2, 0.25) is 0 Å². The molecule has 110 valence electrons. The fourth-order valence-electron chi connectivity index (χ4n) is 1.77. The van der Waals surface area contributed by atoms with Gasteiger partial charge in [-0.3, -0.25) is 4.79 Å². The molecule has 21 heavy (non-hydrogen) atoms. The van der Waals surface area contributed by atoms with Crippen LogP contribution in [0.3, 0.4) is 0 Å². The summed E-state index contributed by atoms with van der Waals surface area (Å²) in [5.41, 5.74) is 0.649. The molecule has 2 N–H and O–H groups in total. The Morgan fingerprint density at radius 1 is 1.24 bits per heavy atom. The molecule has 0 heterocycles. The van der Waals surface area contributed by atoms with E-state index in [0.717, 1.165) is 0 Å². The molecular weight excluding hydrogens is 290 g/mol. The highest BCUT2D eigenvalue weighted by molar-refractivity contribution is 6.32. The van der Waals surface area contributed by atoms with Crippen molar-refractivity contribution in [1.82, 2.24) is 5.32 Å². The molecule has 5 heteroatoms. The lowest BCUT2D eigenvalue weighted by molar-refractivity contribution is -0.127. The summed E-state index contributed by atoms with van der Waals surface area (Å²) in [6.45, 7) is 1.88. The number of ether oxygens (including phenoxy) is 1. The largest absolute Gasteiger partial charge is 0.508 e. The first-order chi connectivity index (χ1) is 10.1. The van der Waals surface area contributed by atoms with Gasteiger partial charge in [-0.1, -0.05) is 41.9 Å². The number of phenols is 1. The number of hydrogen-bond acceptors (Lipinski definition) is 3. The number of hydrogen-bond donors (Lipinski definition) is 2. The van der Waals surface area contributed by atoms with E-state index >= 15 is 0 Å². The van der Waals surface area contributed by atoms with Crippen molar-refractivity contribution >= 4 is 17.5 Å². The zero-order valence-electron chi connectivity index (χ0n) is 11.5. The first kappa shape index (κ1) is 15.2. The molecule has 1 atom stereocenters. The van der Waals surface area contributed by atoms with E-state index in [0.29, 0.717) is 16.3 Å². The number of carbonyl (C=O) groups is 1. The number of para-hydroxylation sites is 2. The summed E-state index contributed by atoms with van der Waals surface area (Å²) in [5, 5.41) is 12.8. The maximum atomic E-state index is 12.0. The van der Waals surface area contributed by atoms with Gasteiger partial charge in [-0.2, -0.15) is 0 Å². The topological polar surface area (TPSA) is 58.6 Å². The number of amides is 1. The third-order valence-corrected chi connectivity index (χ3v) is 3.27.